The van der Waals surface area contributed by atoms with Crippen LogP contribution in [-0.4, -0.2) is 23.2 Å². The molecule has 0 saturated heterocycles. The van der Waals surface area contributed by atoms with Crippen LogP contribution in [0.25, 0.3) is 0 Å². The molecule has 1 aromatic carbocycles. The summed E-state index contributed by atoms with van der Waals surface area (Å²) in [5, 5.41) is 11.5. The Hall–Kier alpha value is -2.04. The maximum Gasteiger partial charge on any atom is 0.408 e. The lowest BCUT2D eigenvalue weighted by Crippen LogP contribution is -2.33. The number of carboxylic acids is 1. The van der Waals surface area contributed by atoms with Gasteiger partial charge in [-0.1, -0.05) is 30.3 Å². The van der Waals surface area contributed by atoms with Gasteiger partial charge in [-0.15, -0.1) is 0 Å². The third-order valence-corrected chi connectivity index (χ3v) is 1.96. The van der Waals surface area contributed by atoms with Gasteiger partial charge in [-0.3, -0.25) is 0 Å². The molecule has 0 heterocycles. The Labute approximate surface area is 99.4 Å². The van der Waals surface area contributed by atoms with Gasteiger partial charge in [0, 0.05) is 11.6 Å². The largest absolute Gasteiger partial charge is 0.478 e. The minimum atomic E-state index is -1.28. The van der Waals surface area contributed by atoms with Crippen LogP contribution in [0.1, 0.15) is 25.5 Å². The van der Waals surface area contributed by atoms with Gasteiger partial charge in [-0.2, -0.15) is 0 Å². The van der Waals surface area contributed by atoms with Gasteiger partial charge in [0.25, 0.3) is 0 Å². The second-order valence-corrected chi connectivity index (χ2v) is 3.83. The Balaban J connectivity index is 2.75. The number of nitrogens with one attached hydrogen (secondary N) is 1. The fourth-order valence-corrected chi connectivity index (χ4v) is 1.27. The van der Waals surface area contributed by atoms with Crippen LogP contribution in [0.3, 0.4) is 0 Å². The highest BCUT2D eigenvalue weighted by atomic mass is 16.6. The van der Waals surface area contributed by atoms with Crippen LogP contribution < -0.4 is 5.32 Å². The maximum absolute atomic E-state index is 11.3. The van der Waals surface area contributed by atoms with Crippen molar-refractivity contribution in [3.05, 3.63) is 35.9 Å². The molecule has 17 heavy (non-hydrogen) atoms. The van der Waals surface area contributed by atoms with E-state index in [4.69, 9.17) is 9.84 Å². The molecule has 5 heteroatoms. The minimum absolute atomic E-state index is 0.104. The van der Waals surface area contributed by atoms with E-state index < -0.39 is 18.2 Å². The lowest BCUT2D eigenvalue weighted by atomic mass is 10.1. The summed E-state index contributed by atoms with van der Waals surface area (Å²) in [7, 11) is 0. The number of hydrogen-bond donors (Lipinski definition) is 2. The fraction of sp³-hybridized carbons (Fsp3) is 0.333. The van der Waals surface area contributed by atoms with Crippen molar-refractivity contribution in [2.45, 2.75) is 26.0 Å². The van der Waals surface area contributed by atoms with Crippen molar-refractivity contribution in [1.82, 2.24) is 5.32 Å². The third-order valence-electron chi connectivity index (χ3n) is 1.96. The summed E-state index contributed by atoms with van der Waals surface area (Å²) >= 11 is 0. The first kappa shape index (κ1) is 13.0. The van der Waals surface area contributed by atoms with Crippen LogP contribution in [0, 0.1) is 0 Å². The van der Waals surface area contributed by atoms with Crippen LogP contribution in [0.15, 0.2) is 30.3 Å². The van der Waals surface area contributed by atoms with Gasteiger partial charge in [-0.25, -0.2) is 9.59 Å². The predicted molar refractivity (Wildman–Crippen MR) is 61.6 cm³/mol. The number of carbonyl (C=O) groups is 2. The number of ether oxygens (including phenoxy) is 1. The van der Waals surface area contributed by atoms with Gasteiger partial charge in [0.2, 0.25) is 6.10 Å². The zero-order valence-electron chi connectivity index (χ0n) is 9.71. The number of benzene rings is 1. The van der Waals surface area contributed by atoms with Crippen LogP contribution >= 0.6 is 0 Å². The van der Waals surface area contributed by atoms with E-state index in [9.17, 15) is 9.59 Å². The molecule has 1 atom stereocenters. The molecule has 5 nitrogen and oxygen atoms in total. The van der Waals surface area contributed by atoms with Gasteiger partial charge in [0.15, 0.2) is 0 Å². The Kier molecular flexibility index (Phi) is 4.51. The van der Waals surface area contributed by atoms with Crippen LogP contribution in [0.4, 0.5) is 4.79 Å². The fourth-order valence-electron chi connectivity index (χ4n) is 1.27. The number of alkyl carbamates (subject to hydrolysis) is 1. The van der Waals surface area contributed by atoms with Crippen molar-refractivity contribution in [3.8, 4) is 0 Å². The normalized spacial score (nSPS) is 11.9. The van der Waals surface area contributed by atoms with Crippen molar-refractivity contribution in [3.63, 3.8) is 0 Å². The molecule has 0 aliphatic heterocycles. The molecule has 0 unspecified atom stereocenters. The van der Waals surface area contributed by atoms with E-state index in [0.29, 0.717) is 5.56 Å². The van der Waals surface area contributed by atoms with Gasteiger partial charge in [0.1, 0.15) is 0 Å². The molecule has 1 amide bonds. The van der Waals surface area contributed by atoms with Crippen molar-refractivity contribution < 1.29 is 19.4 Å². The summed E-state index contributed by atoms with van der Waals surface area (Å²) in [4.78, 5) is 22.4. The molecule has 0 radical (unpaired) electrons. The summed E-state index contributed by atoms with van der Waals surface area (Å²) in [5.74, 6) is -1.20. The standard InChI is InChI=1S/C12H15NO4/c1-8(2)13-12(16)17-10(11(14)15)9-6-4-3-5-7-9/h3-8,10H,1-2H3,(H,13,16)(H,14,15)/t10-/m1/s1. The highest BCUT2D eigenvalue weighted by molar-refractivity contribution is 5.78. The molecular weight excluding hydrogens is 222 g/mol. The van der Waals surface area contributed by atoms with E-state index in [1.165, 1.54) is 0 Å². The SMILES string of the molecule is CC(C)NC(=O)O[C@@H](C(=O)O)c1ccccc1. The number of carbonyl (C=O) groups excluding carboxylic acids is 1. The first-order chi connectivity index (χ1) is 8.00. The summed E-state index contributed by atoms with van der Waals surface area (Å²) < 4.78 is 4.86. The quantitative estimate of drug-likeness (QED) is 0.839. The van der Waals surface area contributed by atoms with Gasteiger partial charge < -0.3 is 15.2 Å². The minimum Gasteiger partial charge on any atom is -0.478 e. The van der Waals surface area contributed by atoms with Crippen LogP contribution in [-0.2, 0) is 9.53 Å². The molecule has 0 aliphatic rings. The molecule has 0 fully saturated rings. The smallest absolute Gasteiger partial charge is 0.408 e. The molecule has 0 aliphatic carbocycles. The Morgan fingerprint density at radius 2 is 1.82 bits per heavy atom. The van der Waals surface area contributed by atoms with E-state index in [0.717, 1.165) is 0 Å². The van der Waals surface area contributed by atoms with E-state index in [1.54, 1.807) is 44.2 Å². The number of amides is 1. The van der Waals surface area contributed by atoms with E-state index in [2.05, 4.69) is 5.32 Å². The zero-order chi connectivity index (χ0) is 12.8. The summed E-state index contributed by atoms with van der Waals surface area (Å²) in [6.45, 7) is 3.53. The summed E-state index contributed by atoms with van der Waals surface area (Å²) in [6, 6.07) is 8.23. The second-order valence-electron chi connectivity index (χ2n) is 3.83. The molecule has 0 saturated carbocycles. The molecule has 2 N–H and O–H groups in total. The van der Waals surface area contributed by atoms with Crippen LogP contribution in [0.5, 0.6) is 0 Å². The number of carboxylic acid groups (broad SMARTS) is 1. The van der Waals surface area contributed by atoms with E-state index in [1.807, 2.05) is 0 Å². The van der Waals surface area contributed by atoms with Crippen molar-refractivity contribution in [2.24, 2.45) is 0 Å². The van der Waals surface area contributed by atoms with E-state index in [-0.39, 0.29) is 6.04 Å². The highest BCUT2D eigenvalue weighted by Gasteiger charge is 2.24. The van der Waals surface area contributed by atoms with Gasteiger partial charge >= 0.3 is 12.1 Å². The lowest BCUT2D eigenvalue weighted by Gasteiger charge is -2.15. The first-order valence-corrected chi connectivity index (χ1v) is 5.25. The lowest BCUT2D eigenvalue weighted by molar-refractivity contribution is -0.147. The van der Waals surface area contributed by atoms with Gasteiger partial charge in [0.05, 0.1) is 0 Å². The summed E-state index contributed by atoms with van der Waals surface area (Å²) in [6.07, 6.45) is -2.02. The molecule has 0 spiro atoms. The number of hydrogen-bond acceptors (Lipinski definition) is 3. The third kappa shape index (κ3) is 4.14. The van der Waals surface area contributed by atoms with Gasteiger partial charge in [-0.05, 0) is 13.8 Å². The monoisotopic (exact) mass is 237 g/mol. The highest BCUT2D eigenvalue weighted by Crippen LogP contribution is 2.17. The Morgan fingerprint density at radius 3 is 2.29 bits per heavy atom. The zero-order valence-corrected chi connectivity index (χ0v) is 9.71. The van der Waals surface area contributed by atoms with Crippen molar-refractivity contribution >= 4 is 12.1 Å². The molecule has 92 valence electrons. The van der Waals surface area contributed by atoms with Crippen molar-refractivity contribution in [1.29, 1.82) is 0 Å². The Morgan fingerprint density at radius 1 is 1.24 bits per heavy atom. The molecule has 1 aromatic rings. The molecule has 1 rings (SSSR count). The number of rotatable bonds is 4. The Bertz CT molecular complexity index is 389. The average molecular weight is 237 g/mol. The second kappa shape index (κ2) is 5.89. The van der Waals surface area contributed by atoms with E-state index >= 15 is 0 Å². The molecular formula is C12H15NO4. The average Bonchev–Trinajstić information content (AvgIpc) is 2.25. The topological polar surface area (TPSA) is 75.6 Å². The maximum atomic E-state index is 11.3. The first-order valence-electron chi connectivity index (χ1n) is 5.25. The predicted octanol–water partition coefficient (Wildman–Crippen LogP) is 1.95. The molecule has 0 aromatic heterocycles. The van der Waals surface area contributed by atoms with Crippen LogP contribution in [0.2, 0.25) is 0 Å². The molecule has 0 bridgehead atoms. The van der Waals surface area contributed by atoms with Crippen molar-refractivity contribution in [2.75, 3.05) is 0 Å². The summed E-state index contributed by atoms with van der Waals surface area (Å²) in [5.41, 5.74) is 0.430. The number of aliphatic carboxylic acids is 1.